The van der Waals surface area contributed by atoms with Gasteiger partial charge < -0.3 is 5.73 Å². The molecule has 1 aromatic heterocycles. The molecule has 2 aromatic rings. The Labute approximate surface area is 115 Å². The van der Waals surface area contributed by atoms with Crippen molar-refractivity contribution >= 4 is 15.9 Å². The van der Waals surface area contributed by atoms with Crippen LogP contribution in [0.4, 0.5) is 0 Å². The molecule has 1 aliphatic rings. The third-order valence-corrected chi connectivity index (χ3v) is 3.83. The van der Waals surface area contributed by atoms with Gasteiger partial charge >= 0.3 is 0 Å². The van der Waals surface area contributed by atoms with Gasteiger partial charge in [0.1, 0.15) is 5.82 Å². The first-order valence-electron chi connectivity index (χ1n) is 6.07. The van der Waals surface area contributed by atoms with Crippen molar-refractivity contribution in [3.8, 4) is 11.3 Å². The van der Waals surface area contributed by atoms with E-state index in [1.165, 1.54) is 0 Å². The van der Waals surface area contributed by atoms with E-state index >= 15 is 0 Å². The first-order chi connectivity index (χ1) is 8.72. The molecule has 0 unspecified atom stereocenters. The molecule has 1 aromatic carbocycles. The summed E-state index contributed by atoms with van der Waals surface area (Å²) in [5.41, 5.74) is 7.90. The molecule has 4 heteroatoms. The zero-order chi connectivity index (χ0) is 12.5. The molecule has 0 amide bonds. The smallest absolute Gasteiger partial charge is 0.132 e. The molecule has 0 radical (unpaired) electrons. The summed E-state index contributed by atoms with van der Waals surface area (Å²) in [7, 11) is 0. The van der Waals surface area contributed by atoms with Crippen molar-refractivity contribution in [3.05, 3.63) is 46.8 Å². The molecule has 1 fully saturated rings. The number of benzene rings is 1. The van der Waals surface area contributed by atoms with Crippen LogP contribution >= 0.6 is 15.9 Å². The van der Waals surface area contributed by atoms with E-state index in [0.717, 1.165) is 34.4 Å². The van der Waals surface area contributed by atoms with Gasteiger partial charge in [0, 0.05) is 28.2 Å². The van der Waals surface area contributed by atoms with Crippen LogP contribution in [-0.4, -0.2) is 16.0 Å². The molecule has 1 aliphatic carbocycles. The lowest BCUT2D eigenvalue weighted by molar-refractivity contribution is 0.338. The molecule has 0 saturated heterocycles. The SMILES string of the molecule is NC1CC(c2nccc(-c3cccc(Br)c3)n2)C1. The number of nitrogens with two attached hydrogens (primary N) is 1. The lowest BCUT2D eigenvalue weighted by atomic mass is 9.80. The van der Waals surface area contributed by atoms with Crippen LogP contribution in [0.3, 0.4) is 0 Å². The van der Waals surface area contributed by atoms with Gasteiger partial charge in [-0.1, -0.05) is 28.1 Å². The highest BCUT2D eigenvalue weighted by Crippen LogP contribution is 2.34. The zero-order valence-corrected chi connectivity index (χ0v) is 11.5. The van der Waals surface area contributed by atoms with Gasteiger partial charge in [-0.2, -0.15) is 0 Å². The molecular weight excluding hydrogens is 290 g/mol. The molecule has 0 spiro atoms. The van der Waals surface area contributed by atoms with E-state index in [-0.39, 0.29) is 0 Å². The van der Waals surface area contributed by atoms with E-state index in [1.54, 1.807) is 0 Å². The average Bonchev–Trinajstić information content (AvgIpc) is 2.35. The van der Waals surface area contributed by atoms with Gasteiger partial charge in [0.2, 0.25) is 0 Å². The number of hydrogen-bond donors (Lipinski definition) is 1. The lowest BCUT2D eigenvalue weighted by Crippen LogP contribution is -2.35. The second-order valence-corrected chi connectivity index (χ2v) is 5.65. The maximum atomic E-state index is 5.81. The van der Waals surface area contributed by atoms with Crippen molar-refractivity contribution in [2.75, 3.05) is 0 Å². The van der Waals surface area contributed by atoms with E-state index in [9.17, 15) is 0 Å². The largest absolute Gasteiger partial charge is 0.328 e. The molecule has 92 valence electrons. The van der Waals surface area contributed by atoms with E-state index in [0.29, 0.717) is 12.0 Å². The number of aromatic nitrogens is 2. The third-order valence-electron chi connectivity index (χ3n) is 3.33. The van der Waals surface area contributed by atoms with E-state index in [2.05, 4.69) is 38.0 Å². The summed E-state index contributed by atoms with van der Waals surface area (Å²) in [4.78, 5) is 9.02. The Morgan fingerprint density at radius 3 is 2.78 bits per heavy atom. The lowest BCUT2D eigenvalue weighted by Gasteiger charge is -2.31. The Bertz CT molecular complexity index is 564. The molecule has 18 heavy (non-hydrogen) atoms. The normalized spacial score (nSPS) is 22.6. The van der Waals surface area contributed by atoms with Crippen LogP contribution in [0.25, 0.3) is 11.3 Å². The minimum absolute atomic E-state index is 0.327. The minimum atomic E-state index is 0.327. The van der Waals surface area contributed by atoms with Gasteiger partial charge in [0.25, 0.3) is 0 Å². The fourth-order valence-corrected chi connectivity index (χ4v) is 2.65. The highest BCUT2D eigenvalue weighted by molar-refractivity contribution is 9.10. The second kappa shape index (κ2) is 4.78. The highest BCUT2D eigenvalue weighted by atomic mass is 79.9. The van der Waals surface area contributed by atoms with E-state index in [1.807, 2.05) is 24.4 Å². The van der Waals surface area contributed by atoms with Gasteiger partial charge in [-0.05, 0) is 31.0 Å². The summed E-state index contributed by atoms with van der Waals surface area (Å²) in [6, 6.07) is 10.4. The maximum Gasteiger partial charge on any atom is 0.132 e. The Kier molecular flexibility index (Phi) is 3.14. The van der Waals surface area contributed by atoms with Crippen LogP contribution in [0.2, 0.25) is 0 Å². The molecule has 1 heterocycles. The first kappa shape index (κ1) is 11.8. The van der Waals surface area contributed by atoms with Gasteiger partial charge in [-0.25, -0.2) is 9.97 Å². The summed E-state index contributed by atoms with van der Waals surface area (Å²) in [5.74, 6) is 1.36. The van der Waals surface area contributed by atoms with Crippen molar-refractivity contribution in [1.29, 1.82) is 0 Å². The molecule has 1 saturated carbocycles. The standard InChI is InChI=1S/C14H14BrN3/c15-11-3-1-2-9(6-11)13-4-5-17-14(18-13)10-7-12(16)8-10/h1-6,10,12H,7-8,16H2. The average molecular weight is 304 g/mol. The molecule has 0 bridgehead atoms. The van der Waals surface area contributed by atoms with Crippen LogP contribution in [-0.2, 0) is 0 Å². The van der Waals surface area contributed by atoms with Crippen molar-refractivity contribution < 1.29 is 0 Å². The zero-order valence-electron chi connectivity index (χ0n) is 9.88. The summed E-state index contributed by atoms with van der Waals surface area (Å²) in [6.07, 6.45) is 3.84. The third kappa shape index (κ3) is 2.31. The van der Waals surface area contributed by atoms with E-state index < -0.39 is 0 Å². The van der Waals surface area contributed by atoms with Gasteiger partial charge in [-0.3, -0.25) is 0 Å². The predicted molar refractivity (Wildman–Crippen MR) is 75.1 cm³/mol. The number of hydrogen-bond acceptors (Lipinski definition) is 3. The van der Waals surface area contributed by atoms with Crippen LogP contribution in [0.5, 0.6) is 0 Å². The summed E-state index contributed by atoms with van der Waals surface area (Å²) in [5, 5.41) is 0. The first-order valence-corrected chi connectivity index (χ1v) is 6.86. The van der Waals surface area contributed by atoms with Crippen molar-refractivity contribution in [1.82, 2.24) is 9.97 Å². The molecule has 2 N–H and O–H groups in total. The van der Waals surface area contributed by atoms with Gasteiger partial charge in [0.15, 0.2) is 0 Å². The van der Waals surface area contributed by atoms with E-state index in [4.69, 9.17) is 5.73 Å². The topological polar surface area (TPSA) is 51.8 Å². The fourth-order valence-electron chi connectivity index (χ4n) is 2.25. The van der Waals surface area contributed by atoms with Gasteiger partial charge in [-0.15, -0.1) is 0 Å². The Morgan fingerprint density at radius 1 is 1.22 bits per heavy atom. The molecule has 0 aliphatic heterocycles. The van der Waals surface area contributed by atoms with Crippen LogP contribution in [0.1, 0.15) is 24.6 Å². The Morgan fingerprint density at radius 2 is 2.06 bits per heavy atom. The minimum Gasteiger partial charge on any atom is -0.328 e. The second-order valence-electron chi connectivity index (χ2n) is 4.74. The van der Waals surface area contributed by atoms with Crippen molar-refractivity contribution in [2.45, 2.75) is 24.8 Å². The number of halogens is 1. The maximum absolute atomic E-state index is 5.81. The van der Waals surface area contributed by atoms with Crippen LogP contribution in [0.15, 0.2) is 41.0 Å². The number of rotatable bonds is 2. The fraction of sp³-hybridized carbons (Fsp3) is 0.286. The van der Waals surface area contributed by atoms with Crippen molar-refractivity contribution in [2.24, 2.45) is 5.73 Å². The van der Waals surface area contributed by atoms with Crippen molar-refractivity contribution in [3.63, 3.8) is 0 Å². The monoisotopic (exact) mass is 303 g/mol. The predicted octanol–water partition coefficient (Wildman–Crippen LogP) is 3.11. The summed E-state index contributed by atoms with van der Waals surface area (Å²) >= 11 is 3.48. The Balaban J connectivity index is 1.91. The van der Waals surface area contributed by atoms with Crippen LogP contribution < -0.4 is 5.73 Å². The molecule has 3 nitrogen and oxygen atoms in total. The molecule has 3 rings (SSSR count). The summed E-state index contributed by atoms with van der Waals surface area (Å²) in [6.45, 7) is 0. The quantitative estimate of drug-likeness (QED) is 0.927. The molecular formula is C14H14BrN3. The highest BCUT2D eigenvalue weighted by Gasteiger charge is 2.29. The Hall–Kier alpha value is -1.26. The van der Waals surface area contributed by atoms with Crippen LogP contribution in [0, 0.1) is 0 Å². The van der Waals surface area contributed by atoms with Gasteiger partial charge in [0.05, 0.1) is 5.69 Å². The summed E-state index contributed by atoms with van der Waals surface area (Å²) < 4.78 is 1.06. The molecule has 0 atom stereocenters. The number of nitrogens with zero attached hydrogens (tertiary/aromatic N) is 2.